The van der Waals surface area contributed by atoms with Crippen molar-refractivity contribution in [3.63, 3.8) is 0 Å². The average Bonchev–Trinajstić information content (AvgIpc) is 2.56. The van der Waals surface area contributed by atoms with Crippen molar-refractivity contribution in [1.82, 2.24) is 0 Å². The Morgan fingerprint density at radius 1 is 1.33 bits per heavy atom. The summed E-state index contributed by atoms with van der Waals surface area (Å²) >= 11 is 0. The van der Waals surface area contributed by atoms with E-state index >= 15 is 0 Å². The van der Waals surface area contributed by atoms with Crippen molar-refractivity contribution >= 4 is 5.78 Å². The molecule has 15 heavy (non-hydrogen) atoms. The van der Waals surface area contributed by atoms with Crippen LogP contribution in [0.25, 0.3) is 0 Å². The minimum Gasteiger partial charge on any atom is -0.482 e. The molecule has 2 nitrogen and oxygen atoms in total. The van der Waals surface area contributed by atoms with Gasteiger partial charge in [-0.25, -0.2) is 0 Å². The summed E-state index contributed by atoms with van der Waals surface area (Å²) in [5, 5.41) is 0. The summed E-state index contributed by atoms with van der Waals surface area (Å²) in [6.45, 7) is 5.87. The Balaban J connectivity index is 2.42. The van der Waals surface area contributed by atoms with Gasteiger partial charge in [0.25, 0.3) is 0 Å². The van der Waals surface area contributed by atoms with E-state index in [1.54, 1.807) is 6.92 Å². The van der Waals surface area contributed by atoms with Gasteiger partial charge in [0.1, 0.15) is 5.75 Å². The van der Waals surface area contributed by atoms with Gasteiger partial charge in [-0.15, -0.1) is 0 Å². The van der Waals surface area contributed by atoms with Crippen LogP contribution in [-0.4, -0.2) is 11.9 Å². The largest absolute Gasteiger partial charge is 0.482 e. The zero-order valence-electron chi connectivity index (χ0n) is 9.36. The number of hydrogen-bond acceptors (Lipinski definition) is 2. The maximum Gasteiger partial charge on any atom is 0.170 e. The number of carbonyl (C=O) groups excluding carboxylic acids is 1. The quantitative estimate of drug-likeness (QED) is 0.740. The molecule has 0 N–H and O–H groups in total. The van der Waals surface area contributed by atoms with Crippen LogP contribution < -0.4 is 4.74 Å². The molecule has 0 aromatic heterocycles. The summed E-state index contributed by atoms with van der Waals surface area (Å²) in [5.41, 5.74) is 1.17. The van der Waals surface area contributed by atoms with Crippen molar-refractivity contribution in [1.29, 1.82) is 0 Å². The Kier molecular flexibility index (Phi) is 2.51. The van der Waals surface area contributed by atoms with Gasteiger partial charge in [-0.2, -0.15) is 0 Å². The van der Waals surface area contributed by atoms with E-state index in [1.165, 1.54) is 5.56 Å². The molecular weight excluding hydrogens is 188 g/mol. The summed E-state index contributed by atoms with van der Waals surface area (Å²) < 4.78 is 5.69. The molecule has 0 fully saturated rings. The Labute approximate surface area is 90.3 Å². The molecule has 0 saturated carbocycles. The average molecular weight is 204 g/mol. The highest BCUT2D eigenvalue weighted by molar-refractivity contribution is 5.83. The van der Waals surface area contributed by atoms with E-state index in [-0.39, 0.29) is 17.8 Å². The van der Waals surface area contributed by atoms with Gasteiger partial charge in [0.15, 0.2) is 11.9 Å². The first-order chi connectivity index (χ1) is 7.11. The fourth-order valence-electron chi connectivity index (χ4n) is 2.28. The summed E-state index contributed by atoms with van der Waals surface area (Å²) in [6, 6.07) is 7.94. The summed E-state index contributed by atoms with van der Waals surface area (Å²) in [4.78, 5) is 11.5. The number of carbonyl (C=O) groups is 1. The van der Waals surface area contributed by atoms with E-state index in [0.29, 0.717) is 5.92 Å². The third-order valence-electron chi connectivity index (χ3n) is 2.98. The normalized spacial score (nSPS) is 23.7. The fraction of sp³-hybridized carbons (Fsp3) is 0.462. The van der Waals surface area contributed by atoms with Crippen molar-refractivity contribution in [2.24, 2.45) is 5.92 Å². The van der Waals surface area contributed by atoms with E-state index in [9.17, 15) is 4.79 Å². The number of ketones is 1. The lowest BCUT2D eigenvalue weighted by molar-refractivity contribution is -0.124. The van der Waals surface area contributed by atoms with Crippen molar-refractivity contribution in [2.45, 2.75) is 32.8 Å². The first-order valence-corrected chi connectivity index (χ1v) is 5.37. The second-order valence-electron chi connectivity index (χ2n) is 4.46. The molecule has 0 amide bonds. The lowest BCUT2D eigenvalue weighted by atomic mass is 9.84. The van der Waals surface area contributed by atoms with E-state index in [4.69, 9.17) is 4.74 Å². The van der Waals surface area contributed by atoms with Crippen molar-refractivity contribution in [2.75, 3.05) is 0 Å². The summed E-state index contributed by atoms with van der Waals surface area (Å²) in [5.74, 6) is 1.61. The zero-order valence-corrected chi connectivity index (χ0v) is 9.36. The molecule has 2 heteroatoms. The van der Waals surface area contributed by atoms with Gasteiger partial charge in [0, 0.05) is 11.5 Å². The lowest BCUT2D eigenvalue weighted by Crippen LogP contribution is -2.29. The Bertz CT molecular complexity index is 382. The number of hydrogen-bond donors (Lipinski definition) is 0. The van der Waals surface area contributed by atoms with Crippen LogP contribution in [-0.2, 0) is 4.79 Å². The second kappa shape index (κ2) is 3.69. The third-order valence-corrected chi connectivity index (χ3v) is 2.98. The molecule has 1 aliphatic heterocycles. The highest BCUT2D eigenvalue weighted by Crippen LogP contribution is 2.42. The standard InChI is InChI=1S/C13H16O2/c1-8(2)12-10-6-4-5-7-11(10)15-13(12)9(3)14/h4-8,12-13H,1-3H3. The lowest BCUT2D eigenvalue weighted by Gasteiger charge is -2.19. The van der Waals surface area contributed by atoms with E-state index in [1.807, 2.05) is 18.2 Å². The van der Waals surface area contributed by atoms with Crippen LogP contribution in [0.15, 0.2) is 24.3 Å². The number of Topliss-reactive ketones (excluding diaryl/α,β-unsaturated/α-hetero) is 1. The van der Waals surface area contributed by atoms with Gasteiger partial charge in [0.05, 0.1) is 0 Å². The molecule has 80 valence electrons. The molecule has 2 rings (SSSR count). The molecule has 0 saturated heterocycles. The minimum absolute atomic E-state index is 0.116. The second-order valence-corrected chi connectivity index (χ2v) is 4.46. The topological polar surface area (TPSA) is 26.3 Å². The van der Waals surface area contributed by atoms with Crippen LogP contribution in [0, 0.1) is 5.92 Å². The molecule has 0 aliphatic carbocycles. The Hall–Kier alpha value is -1.31. The van der Waals surface area contributed by atoms with Gasteiger partial charge in [0.2, 0.25) is 0 Å². The summed E-state index contributed by atoms with van der Waals surface area (Å²) in [6.07, 6.45) is -0.289. The smallest absolute Gasteiger partial charge is 0.170 e. The predicted molar refractivity (Wildman–Crippen MR) is 59.1 cm³/mol. The number of rotatable bonds is 2. The SMILES string of the molecule is CC(=O)C1Oc2ccccc2C1C(C)C. The maximum atomic E-state index is 11.5. The molecule has 1 aliphatic rings. The van der Waals surface area contributed by atoms with Crippen molar-refractivity contribution in [3.05, 3.63) is 29.8 Å². The van der Waals surface area contributed by atoms with Crippen LogP contribution in [0.5, 0.6) is 5.75 Å². The number of ether oxygens (including phenoxy) is 1. The molecule has 2 atom stereocenters. The molecule has 1 aromatic carbocycles. The molecule has 2 unspecified atom stereocenters. The third kappa shape index (κ3) is 1.65. The highest BCUT2D eigenvalue weighted by atomic mass is 16.5. The van der Waals surface area contributed by atoms with Crippen LogP contribution in [0.3, 0.4) is 0 Å². The van der Waals surface area contributed by atoms with E-state index in [2.05, 4.69) is 19.9 Å². The van der Waals surface area contributed by atoms with Crippen LogP contribution >= 0.6 is 0 Å². The van der Waals surface area contributed by atoms with Gasteiger partial charge < -0.3 is 4.74 Å². The van der Waals surface area contributed by atoms with Crippen molar-refractivity contribution < 1.29 is 9.53 Å². The van der Waals surface area contributed by atoms with Crippen LogP contribution in [0.2, 0.25) is 0 Å². The molecule has 0 radical (unpaired) electrons. The Morgan fingerprint density at radius 3 is 2.60 bits per heavy atom. The Morgan fingerprint density at radius 2 is 2.00 bits per heavy atom. The van der Waals surface area contributed by atoms with E-state index < -0.39 is 0 Å². The van der Waals surface area contributed by atoms with Crippen molar-refractivity contribution in [3.8, 4) is 5.75 Å². The predicted octanol–water partition coefficient (Wildman–Crippen LogP) is 2.78. The first-order valence-electron chi connectivity index (χ1n) is 5.37. The van der Waals surface area contributed by atoms with E-state index in [0.717, 1.165) is 5.75 Å². The molecule has 0 bridgehead atoms. The maximum absolute atomic E-state index is 11.5. The highest BCUT2D eigenvalue weighted by Gasteiger charge is 2.38. The van der Waals surface area contributed by atoms with Crippen LogP contribution in [0.1, 0.15) is 32.3 Å². The molecule has 1 aromatic rings. The van der Waals surface area contributed by atoms with Gasteiger partial charge >= 0.3 is 0 Å². The molecular formula is C13H16O2. The molecule has 0 spiro atoms. The summed E-state index contributed by atoms with van der Waals surface area (Å²) in [7, 11) is 0. The number of para-hydroxylation sites is 1. The first kappa shape index (κ1) is 10.2. The molecule has 1 heterocycles. The van der Waals surface area contributed by atoms with Gasteiger partial charge in [-0.05, 0) is 18.9 Å². The fourth-order valence-corrected chi connectivity index (χ4v) is 2.28. The monoisotopic (exact) mass is 204 g/mol. The number of fused-ring (bicyclic) bond motifs is 1. The zero-order chi connectivity index (χ0) is 11.0. The minimum atomic E-state index is -0.289. The van der Waals surface area contributed by atoms with Gasteiger partial charge in [-0.1, -0.05) is 32.0 Å². The number of benzene rings is 1. The van der Waals surface area contributed by atoms with Crippen LogP contribution in [0.4, 0.5) is 0 Å². The van der Waals surface area contributed by atoms with Gasteiger partial charge in [-0.3, -0.25) is 4.79 Å².